The van der Waals surface area contributed by atoms with E-state index in [0.717, 1.165) is 19.4 Å². The van der Waals surface area contributed by atoms with E-state index in [9.17, 15) is 0 Å². The number of fused-ring (bicyclic) bond motifs is 4. The van der Waals surface area contributed by atoms with Crippen LogP contribution in [0.5, 0.6) is 0 Å². The fourth-order valence-electron chi connectivity index (χ4n) is 4.73. The van der Waals surface area contributed by atoms with Gasteiger partial charge in [0.2, 0.25) is 0 Å². The molecule has 0 amide bonds. The molecule has 4 aromatic rings. The Morgan fingerprint density at radius 2 is 1.62 bits per heavy atom. The number of aryl methyl sites for hydroxylation is 1. The average Bonchev–Trinajstić information content (AvgIpc) is 3.07. The summed E-state index contributed by atoms with van der Waals surface area (Å²) in [5, 5.41) is 7.84. The first-order valence-corrected chi connectivity index (χ1v) is 10.1. The molecule has 5 nitrogen and oxygen atoms in total. The molecule has 1 aliphatic rings. The number of halogens is 2. The van der Waals surface area contributed by atoms with Gasteiger partial charge in [-0.25, -0.2) is 0 Å². The minimum absolute atomic E-state index is 0. The molecule has 0 radical (unpaired) electrons. The topological polar surface area (TPSA) is 94.1 Å². The third-order valence-corrected chi connectivity index (χ3v) is 6.11. The summed E-state index contributed by atoms with van der Waals surface area (Å²) in [4.78, 5) is 5.92. The van der Waals surface area contributed by atoms with Gasteiger partial charge in [0.1, 0.15) is 0 Å². The normalized spacial score (nSPS) is 14.4. The first kappa shape index (κ1) is 27.8. The fourth-order valence-corrected chi connectivity index (χ4v) is 4.73. The van der Waals surface area contributed by atoms with E-state index < -0.39 is 0 Å². The molecule has 1 unspecified atom stereocenters. The van der Waals surface area contributed by atoms with Crippen LogP contribution in [0.1, 0.15) is 28.4 Å². The van der Waals surface area contributed by atoms with Gasteiger partial charge in [-0.3, -0.25) is 0 Å². The molecule has 5 rings (SSSR count). The summed E-state index contributed by atoms with van der Waals surface area (Å²) in [5.74, 6) is 0. The summed E-state index contributed by atoms with van der Waals surface area (Å²) in [6.45, 7) is 3.21. The van der Waals surface area contributed by atoms with Gasteiger partial charge in [-0.2, -0.15) is 0 Å². The van der Waals surface area contributed by atoms with Crippen molar-refractivity contribution in [3.05, 3.63) is 77.0 Å². The zero-order valence-corrected chi connectivity index (χ0v) is 20.3. The molecule has 6 N–H and O–H groups in total. The van der Waals surface area contributed by atoms with Crippen LogP contribution >= 0.6 is 24.8 Å². The molecular weight excluding hydrogens is 445 g/mol. The van der Waals surface area contributed by atoms with Crippen molar-refractivity contribution in [1.29, 1.82) is 0 Å². The molecule has 0 aliphatic carbocycles. The Morgan fingerprint density at radius 1 is 0.906 bits per heavy atom. The standard InChI is InChI=1S/C25H27N3.2ClH.2H2O/c1-16-8-10-22-21(14-16)20-12-13-26-23(25(20)27-22)15-17-9-11-24(28(2)3)19-7-5-4-6-18(17)19;;;;/h4-11,14,23,26-27H,12-13,15H2,1-3H3;2*1H;2*1H2. The summed E-state index contributed by atoms with van der Waals surface area (Å²) in [6.07, 6.45) is 2.09. The molecule has 1 atom stereocenters. The van der Waals surface area contributed by atoms with E-state index >= 15 is 0 Å². The molecule has 1 aliphatic heterocycles. The van der Waals surface area contributed by atoms with E-state index in [0.29, 0.717) is 6.04 Å². The van der Waals surface area contributed by atoms with Gasteiger partial charge >= 0.3 is 0 Å². The molecule has 0 fully saturated rings. The van der Waals surface area contributed by atoms with Crippen molar-refractivity contribution in [3.63, 3.8) is 0 Å². The van der Waals surface area contributed by atoms with E-state index in [4.69, 9.17) is 0 Å². The molecule has 0 bridgehead atoms. The fraction of sp³-hybridized carbons (Fsp3) is 0.280. The van der Waals surface area contributed by atoms with Gasteiger partial charge in [-0.1, -0.05) is 42.0 Å². The Balaban J connectivity index is 0.00000128. The molecule has 32 heavy (non-hydrogen) atoms. The Bertz CT molecular complexity index is 1190. The molecule has 0 saturated heterocycles. The Labute approximate surface area is 201 Å². The Morgan fingerprint density at radius 3 is 2.34 bits per heavy atom. The van der Waals surface area contributed by atoms with Crippen molar-refractivity contribution in [2.24, 2.45) is 0 Å². The van der Waals surface area contributed by atoms with Crippen LogP contribution in [0.15, 0.2) is 54.6 Å². The van der Waals surface area contributed by atoms with E-state index in [-0.39, 0.29) is 35.8 Å². The van der Waals surface area contributed by atoms with Gasteiger partial charge in [0, 0.05) is 41.8 Å². The minimum Gasteiger partial charge on any atom is -0.412 e. The SMILES string of the molecule is Cc1ccc2[nH]c3c(c2c1)CCNC3Cc1ccc(N(C)C)c2ccccc12.Cl.Cl.O.O. The van der Waals surface area contributed by atoms with Crippen LogP contribution in [0.25, 0.3) is 21.7 Å². The number of benzene rings is 3. The first-order chi connectivity index (χ1) is 13.6. The van der Waals surface area contributed by atoms with Gasteiger partial charge < -0.3 is 26.2 Å². The predicted octanol–water partition coefficient (Wildman–Crippen LogP) is 4.32. The quantitative estimate of drug-likeness (QED) is 0.459. The Kier molecular flexibility index (Phi) is 9.57. The lowest BCUT2D eigenvalue weighted by Gasteiger charge is -2.26. The molecule has 7 heteroatoms. The maximum Gasteiger partial charge on any atom is 0.0517 e. The molecular formula is C25H33Cl2N3O2. The Hall–Kier alpha value is -2.28. The third-order valence-electron chi connectivity index (χ3n) is 6.11. The largest absolute Gasteiger partial charge is 0.412 e. The van der Waals surface area contributed by atoms with E-state index in [1.54, 1.807) is 0 Å². The van der Waals surface area contributed by atoms with Crippen LogP contribution in [0, 0.1) is 6.92 Å². The van der Waals surface area contributed by atoms with Crippen LogP contribution in [0.2, 0.25) is 0 Å². The van der Waals surface area contributed by atoms with Gasteiger partial charge in [0.05, 0.1) is 6.04 Å². The monoisotopic (exact) mass is 477 g/mol. The first-order valence-electron chi connectivity index (χ1n) is 10.1. The number of H-pyrrole nitrogens is 1. The number of hydrogen-bond acceptors (Lipinski definition) is 2. The number of aromatic amines is 1. The summed E-state index contributed by atoms with van der Waals surface area (Å²) in [6, 6.07) is 20.4. The molecule has 2 heterocycles. The number of anilines is 1. The number of hydrogen-bond donors (Lipinski definition) is 2. The van der Waals surface area contributed by atoms with Gasteiger partial charge in [0.15, 0.2) is 0 Å². The maximum absolute atomic E-state index is 3.76. The van der Waals surface area contributed by atoms with Crippen LogP contribution in [0.4, 0.5) is 5.69 Å². The van der Waals surface area contributed by atoms with E-state index in [2.05, 4.69) is 90.8 Å². The van der Waals surface area contributed by atoms with Crippen molar-refractivity contribution >= 4 is 52.2 Å². The number of nitrogens with one attached hydrogen (secondary N) is 2. The maximum atomic E-state index is 3.76. The highest BCUT2D eigenvalue weighted by Crippen LogP contribution is 2.35. The summed E-state index contributed by atoms with van der Waals surface area (Å²) in [5.41, 5.74) is 8.13. The van der Waals surface area contributed by atoms with Crippen LogP contribution in [0.3, 0.4) is 0 Å². The summed E-state index contributed by atoms with van der Waals surface area (Å²) < 4.78 is 0. The van der Waals surface area contributed by atoms with Crippen LogP contribution in [-0.4, -0.2) is 36.6 Å². The van der Waals surface area contributed by atoms with Crippen molar-refractivity contribution < 1.29 is 11.0 Å². The molecule has 1 aromatic heterocycles. The van der Waals surface area contributed by atoms with E-state index in [1.807, 2.05) is 0 Å². The lowest BCUT2D eigenvalue weighted by Crippen LogP contribution is -2.31. The zero-order chi connectivity index (χ0) is 19.3. The van der Waals surface area contributed by atoms with Crippen LogP contribution < -0.4 is 10.2 Å². The second-order valence-electron chi connectivity index (χ2n) is 8.21. The molecule has 0 saturated carbocycles. The predicted molar refractivity (Wildman–Crippen MR) is 141 cm³/mol. The highest BCUT2D eigenvalue weighted by molar-refractivity contribution is 5.96. The second-order valence-corrected chi connectivity index (χ2v) is 8.21. The highest BCUT2D eigenvalue weighted by Gasteiger charge is 2.24. The second kappa shape index (κ2) is 11.0. The molecule has 3 aromatic carbocycles. The molecule has 0 spiro atoms. The van der Waals surface area contributed by atoms with Gasteiger partial charge in [-0.05, 0) is 61.0 Å². The minimum atomic E-state index is 0. The average molecular weight is 478 g/mol. The van der Waals surface area contributed by atoms with Crippen molar-refractivity contribution in [3.8, 4) is 0 Å². The lowest BCUT2D eigenvalue weighted by atomic mass is 9.92. The highest BCUT2D eigenvalue weighted by atomic mass is 35.5. The van der Waals surface area contributed by atoms with Gasteiger partial charge in [-0.15, -0.1) is 24.8 Å². The van der Waals surface area contributed by atoms with Gasteiger partial charge in [0.25, 0.3) is 0 Å². The van der Waals surface area contributed by atoms with Crippen molar-refractivity contribution in [1.82, 2.24) is 10.3 Å². The lowest BCUT2D eigenvalue weighted by molar-refractivity contribution is 0.496. The molecule has 174 valence electrons. The number of rotatable bonds is 3. The van der Waals surface area contributed by atoms with E-state index in [1.165, 1.54) is 49.7 Å². The van der Waals surface area contributed by atoms with Crippen molar-refractivity contribution in [2.75, 3.05) is 25.5 Å². The van der Waals surface area contributed by atoms with Crippen molar-refractivity contribution in [2.45, 2.75) is 25.8 Å². The summed E-state index contributed by atoms with van der Waals surface area (Å²) in [7, 11) is 4.23. The smallest absolute Gasteiger partial charge is 0.0517 e. The zero-order valence-electron chi connectivity index (χ0n) is 18.7. The summed E-state index contributed by atoms with van der Waals surface area (Å²) >= 11 is 0. The van der Waals surface area contributed by atoms with Crippen LogP contribution in [-0.2, 0) is 12.8 Å². The third kappa shape index (κ3) is 4.72. The number of aromatic nitrogens is 1. The number of nitrogens with zero attached hydrogens (tertiary/aromatic N) is 1.